The summed E-state index contributed by atoms with van der Waals surface area (Å²) in [5.74, 6) is 1.72. The second-order valence-electron chi connectivity index (χ2n) is 7.64. The van der Waals surface area contributed by atoms with Crippen LogP contribution >= 0.6 is 0 Å². The van der Waals surface area contributed by atoms with Crippen LogP contribution < -0.4 is 4.74 Å². The first-order valence-corrected chi connectivity index (χ1v) is 9.58. The summed E-state index contributed by atoms with van der Waals surface area (Å²) in [6, 6.07) is 5.69. The topological polar surface area (TPSA) is 83.4 Å². The van der Waals surface area contributed by atoms with Crippen molar-refractivity contribution >= 4 is 16.7 Å². The molecule has 0 saturated carbocycles. The van der Waals surface area contributed by atoms with E-state index >= 15 is 0 Å². The molecule has 1 saturated heterocycles. The van der Waals surface area contributed by atoms with Gasteiger partial charge in [0.05, 0.1) is 25.8 Å². The Balaban J connectivity index is 1.39. The second kappa shape index (κ2) is 7.41. The van der Waals surface area contributed by atoms with Gasteiger partial charge in [-0.05, 0) is 38.0 Å². The van der Waals surface area contributed by atoms with Gasteiger partial charge in [0, 0.05) is 48.1 Å². The average Bonchev–Trinajstić information content (AvgIpc) is 3.29. The zero-order chi connectivity index (χ0) is 19.7. The number of H-pyrrole nitrogens is 1. The number of nitrogens with zero attached hydrogens (tertiary/aromatic N) is 3. The molecule has 28 heavy (non-hydrogen) atoms. The van der Waals surface area contributed by atoms with Gasteiger partial charge in [-0.25, -0.2) is 4.98 Å². The van der Waals surface area contributed by atoms with Gasteiger partial charge in [0.15, 0.2) is 5.78 Å². The van der Waals surface area contributed by atoms with Crippen molar-refractivity contribution in [1.82, 2.24) is 19.4 Å². The Hall–Kier alpha value is -2.64. The second-order valence-corrected chi connectivity index (χ2v) is 7.64. The van der Waals surface area contributed by atoms with Crippen LogP contribution in [0.1, 0.15) is 29.0 Å². The molecular formula is C21H26N4O3. The molecule has 1 fully saturated rings. The van der Waals surface area contributed by atoms with Gasteiger partial charge in [0.2, 0.25) is 0 Å². The van der Waals surface area contributed by atoms with E-state index in [1.54, 1.807) is 19.5 Å². The highest BCUT2D eigenvalue weighted by Crippen LogP contribution is 2.27. The Morgan fingerprint density at radius 3 is 2.82 bits per heavy atom. The third-order valence-electron chi connectivity index (χ3n) is 5.73. The number of hydrogen-bond donors (Lipinski definition) is 2. The number of ketones is 1. The number of carbonyl (C=O) groups excluding carboxylic acids is 1. The summed E-state index contributed by atoms with van der Waals surface area (Å²) >= 11 is 0. The number of aliphatic hydroxyl groups is 1. The minimum atomic E-state index is -0.751. The largest absolute Gasteiger partial charge is 0.497 e. The number of aryl methyl sites for hydroxylation is 1. The molecule has 0 atom stereocenters. The van der Waals surface area contributed by atoms with Gasteiger partial charge in [-0.15, -0.1) is 0 Å². The number of carbonyl (C=O) groups is 1. The monoisotopic (exact) mass is 382 g/mol. The molecule has 0 spiro atoms. The van der Waals surface area contributed by atoms with Crippen LogP contribution in [0.3, 0.4) is 0 Å². The summed E-state index contributed by atoms with van der Waals surface area (Å²) in [6.07, 6.45) is 6.70. The fraction of sp³-hybridized carbons (Fsp3) is 0.429. The van der Waals surface area contributed by atoms with Gasteiger partial charge < -0.3 is 19.4 Å². The molecule has 4 rings (SSSR count). The molecule has 0 bridgehead atoms. The zero-order valence-corrected chi connectivity index (χ0v) is 16.3. The Kier molecular flexibility index (Phi) is 4.95. The minimum absolute atomic E-state index is 0.0791. The molecule has 2 N–H and O–H groups in total. The predicted octanol–water partition coefficient (Wildman–Crippen LogP) is 2.39. The summed E-state index contributed by atoms with van der Waals surface area (Å²) in [5.41, 5.74) is 0.857. The molecule has 2 aromatic heterocycles. The summed E-state index contributed by atoms with van der Waals surface area (Å²) < 4.78 is 7.27. The number of aromatic amines is 1. The Morgan fingerprint density at radius 1 is 1.36 bits per heavy atom. The van der Waals surface area contributed by atoms with Gasteiger partial charge in [-0.3, -0.25) is 9.69 Å². The first-order valence-electron chi connectivity index (χ1n) is 9.58. The number of nitrogens with one attached hydrogen (secondary N) is 1. The first-order chi connectivity index (χ1) is 13.5. The third-order valence-corrected chi connectivity index (χ3v) is 5.73. The van der Waals surface area contributed by atoms with Crippen LogP contribution in [0.25, 0.3) is 10.9 Å². The maximum Gasteiger partial charge on any atom is 0.178 e. The molecule has 7 heteroatoms. The van der Waals surface area contributed by atoms with E-state index in [0.29, 0.717) is 44.6 Å². The lowest BCUT2D eigenvalue weighted by Crippen LogP contribution is -2.48. The van der Waals surface area contributed by atoms with Crippen molar-refractivity contribution in [2.45, 2.75) is 31.9 Å². The van der Waals surface area contributed by atoms with E-state index in [2.05, 4.69) is 14.9 Å². The lowest BCUT2D eigenvalue weighted by molar-refractivity contribution is -0.0331. The third kappa shape index (κ3) is 3.68. The van der Waals surface area contributed by atoms with E-state index < -0.39 is 5.60 Å². The summed E-state index contributed by atoms with van der Waals surface area (Å²) in [5, 5.41) is 11.8. The average molecular weight is 382 g/mol. The molecule has 1 aliphatic heterocycles. The lowest BCUT2D eigenvalue weighted by Gasteiger charge is -2.38. The molecule has 0 aliphatic carbocycles. The minimum Gasteiger partial charge on any atom is -0.497 e. The number of likely N-dealkylation sites (tertiary alicyclic amines) is 1. The number of piperidine rings is 1. The standard InChI is InChI=1S/C21H26N4O3/c1-15-22-7-10-25(15)14-21(27)5-8-24(9-6-21)13-20(26)18-12-23-19-4-3-16(28-2)11-17(18)19/h3-4,7,10-12,23,27H,5-6,8-9,13-14H2,1-2H3. The molecule has 148 valence electrons. The van der Waals surface area contributed by atoms with Crippen molar-refractivity contribution in [3.05, 3.63) is 48.2 Å². The van der Waals surface area contributed by atoms with Crippen molar-refractivity contribution in [3.63, 3.8) is 0 Å². The van der Waals surface area contributed by atoms with E-state index in [9.17, 15) is 9.90 Å². The van der Waals surface area contributed by atoms with E-state index in [1.165, 1.54) is 0 Å². The van der Waals surface area contributed by atoms with Crippen molar-refractivity contribution in [2.24, 2.45) is 0 Å². The number of methoxy groups -OCH3 is 1. The van der Waals surface area contributed by atoms with E-state index in [0.717, 1.165) is 22.5 Å². The smallest absolute Gasteiger partial charge is 0.178 e. The molecule has 1 aliphatic rings. The summed E-state index contributed by atoms with van der Waals surface area (Å²) in [7, 11) is 1.62. The number of ether oxygens (including phenoxy) is 1. The number of hydrogen-bond acceptors (Lipinski definition) is 5. The highest BCUT2D eigenvalue weighted by atomic mass is 16.5. The molecule has 0 unspecified atom stereocenters. The molecule has 7 nitrogen and oxygen atoms in total. The summed E-state index contributed by atoms with van der Waals surface area (Å²) in [6.45, 7) is 4.23. The SMILES string of the molecule is COc1ccc2[nH]cc(C(=O)CN3CCC(O)(Cn4ccnc4C)CC3)c2c1. The van der Waals surface area contributed by atoms with Gasteiger partial charge >= 0.3 is 0 Å². The number of rotatable bonds is 6. The fourth-order valence-corrected chi connectivity index (χ4v) is 3.92. The molecule has 1 aromatic carbocycles. The molecule has 0 radical (unpaired) electrons. The Bertz CT molecular complexity index is 983. The number of aromatic nitrogens is 3. The first kappa shape index (κ1) is 18.7. The fourth-order valence-electron chi connectivity index (χ4n) is 3.92. The van der Waals surface area contributed by atoms with Crippen LogP contribution in [0.5, 0.6) is 5.75 Å². The molecule has 3 aromatic rings. The normalized spacial score (nSPS) is 17.1. The number of fused-ring (bicyclic) bond motifs is 1. The van der Waals surface area contributed by atoms with Crippen LogP contribution in [0.15, 0.2) is 36.8 Å². The highest BCUT2D eigenvalue weighted by molar-refractivity contribution is 6.09. The van der Waals surface area contributed by atoms with Gasteiger partial charge in [-0.1, -0.05) is 0 Å². The Labute approximate surface area is 163 Å². The Morgan fingerprint density at radius 2 is 2.14 bits per heavy atom. The van der Waals surface area contributed by atoms with Gasteiger partial charge in [0.25, 0.3) is 0 Å². The van der Waals surface area contributed by atoms with E-state index in [4.69, 9.17) is 4.74 Å². The van der Waals surface area contributed by atoms with E-state index in [1.807, 2.05) is 35.9 Å². The zero-order valence-electron chi connectivity index (χ0n) is 16.3. The predicted molar refractivity (Wildman–Crippen MR) is 107 cm³/mol. The van der Waals surface area contributed by atoms with E-state index in [-0.39, 0.29) is 5.78 Å². The van der Waals surface area contributed by atoms with Gasteiger partial charge in [0.1, 0.15) is 11.6 Å². The lowest BCUT2D eigenvalue weighted by atomic mass is 9.91. The number of benzene rings is 1. The maximum absolute atomic E-state index is 12.9. The highest BCUT2D eigenvalue weighted by Gasteiger charge is 2.33. The van der Waals surface area contributed by atoms with Crippen LogP contribution in [-0.2, 0) is 6.54 Å². The van der Waals surface area contributed by atoms with Crippen molar-refractivity contribution in [1.29, 1.82) is 0 Å². The van der Waals surface area contributed by atoms with Crippen molar-refractivity contribution in [3.8, 4) is 5.75 Å². The van der Waals surface area contributed by atoms with Gasteiger partial charge in [-0.2, -0.15) is 0 Å². The van der Waals surface area contributed by atoms with Crippen molar-refractivity contribution in [2.75, 3.05) is 26.7 Å². The van der Waals surface area contributed by atoms with Crippen LogP contribution in [0, 0.1) is 6.92 Å². The van der Waals surface area contributed by atoms with Crippen LogP contribution in [-0.4, -0.2) is 62.7 Å². The molecular weight excluding hydrogens is 356 g/mol. The summed E-state index contributed by atoms with van der Waals surface area (Å²) in [4.78, 5) is 22.4. The number of Topliss-reactive ketones (excluding diaryl/α,β-unsaturated/α-hetero) is 1. The maximum atomic E-state index is 12.9. The van der Waals surface area contributed by atoms with Crippen LogP contribution in [0.2, 0.25) is 0 Å². The molecule has 0 amide bonds. The molecule has 3 heterocycles. The van der Waals surface area contributed by atoms with Crippen LogP contribution in [0.4, 0.5) is 0 Å². The van der Waals surface area contributed by atoms with Crippen molar-refractivity contribution < 1.29 is 14.6 Å². The quantitative estimate of drug-likeness (QED) is 0.640. The number of imidazole rings is 1.